The highest BCUT2D eigenvalue weighted by Gasteiger charge is 2.15. The highest BCUT2D eigenvalue weighted by Crippen LogP contribution is 2.17. The van der Waals surface area contributed by atoms with Crippen LogP contribution in [0.1, 0.15) is 28.6 Å². The van der Waals surface area contributed by atoms with Gasteiger partial charge in [-0.05, 0) is 30.7 Å². The lowest BCUT2D eigenvalue weighted by molar-refractivity contribution is 0.0524. The Morgan fingerprint density at radius 1 is 1.28 bits per heavy atom. The van der Waals surface area contributed by atoms with E-state index in [1.54, 1.807) is 25.1 Å². The van der Waals surface area contributed by atoms with Gasteiger partial charge in [-0.2, -0.15) is 0 Å². The topological polar surface area (TPSA) is 39.4 Å². The lowest BCUT2D eigenvalue weighted by Gasteiger charge is -2.03. The summed E-state index contributed by atoms with van der Waals surface area (Å²) in [4.78, 5) is 11.6. The van der Waals surface area contributed by atoms with Gasteiger partial charge in [-0.15, -0.1) is 0 Å². The average Bonchev–Trinajstić information content (AvgIpc) is 2.81. The number of furan rings is 1. The zero-order chi connectivity index (χ0) is 13.0. The van der Waals surface area contributed by atoms with Gasteiger partial charge in [0.05, 0.1) is 12.9 Å². The molecule has 0 aliphatic carbocycles. The minimum Gasteiger partial charge on any atom is -0.468 e. The Morgan fingerprint density at radius 2 is 2.00 bits per heavy atom. The monoisotopic (exact) mass is 248 g/mol. The second-order valence-electron chi connectivity index (χ2n) is 3.78. The van der Waals surface area contributed by atoms with E-state index in [2.05, 4.69) is 0 Å². The maximum Gasteiger partial charge on any atom is 0.341 e. The maximum atomic E-state index is 12.8. The van der Waals surface area contributed by atoms with Crippen molar-refractivity contribution in [2.45, 2.75) is 13.3 Å². The summed E-state index contributed by atoms with van der Waals surface area (Å²) >= 11 is 0. The standard InChI is InChI=1S/C14H13FO3/c1-2-17-14(16)12-7-8-18-13(12)9-10-3-5-11(15)6-4-10/h3-8H,2,9H2,1H3. The van der Waals surface area contributed by atoms with Crippen LogP contribution in [0.15, 0.2) is 41.0 Å². The summed E-state index contributed by atoms with van der Waals surface area (Å²) < 4.78 is 23.0. The van der Waals surface area contributed by atoms with Crippen molar-refractivity contribution in [2.24, 2.45) is 0 Å². The van der Waals surface area contributed by atoms with Gasteiger partial charge in [0.1, 0.15) is 17.1 Å². The molecule has 2 aromatic rings. The number of carbonyl (C=O) groups is 1. The van der Waals surface area contributed by atoms with Crippen LogP contribution >= 0.6 is 0 Å². The molecule has 1 heterocycles. The maximum absolute atomic E-state index is 12.8. The van der Waals surface area contributed by atoms with Crippen molar-refractivity contribution in [1.82, 2.24) is 0 Å². The molecule has 0 amide bonds. The zero-order valence-electron chi connectivity index (χ0n) is 9.98. The van der Waals surface area contributed by atoms with Gasteiger partial charge in [0.15, 0.2) is 0 Å². The van der Waals surface area contributed by atoms with Crippen LogP contribution in [0.3, 0.4) is 0 Å². The second-order valence-corrected chi connectivity index (χ2v) is 3.78. The van der Waals surface area contributed by atoms with E-state index in [1.165, 1.54) is 18.4 Å². The number of halogens is 1. The van der Waals surface area contributed by atoms with E-state index in [0.717, 1.165) is 5.56 Å². The molecule has 1 aromatic heterocycles. The lowest BCUT2D eigenvalue weighted by Crippen LogP contribution is -2.06. The first-order valence-electron chi connectivity index (χ1n) is 5.68. The van der Waals surface area contributed by atoms with Gasteiger partial charge in [-0.3, -0.25) is 0 Å². The molecule has 0 saturated heterocycles. The molecule has 0 unspecified atom stereocenters. The molecule has 0 bridgehead atoms. The van der Waals surface area contributed by atoms with Gasteiger partial charge < -0.3 is 9.15 Å². The van der Waals surface area contributed by atoms with Crippen LogP contribution < -0.4 is 0 Å². The predicted molar refractivity (Wildman–Crippen MR) is 63.9 cm³/mol. The first kappa shape index (κ1) is 12.4. The van der Waals surface area contributed by atoms with Crippen LogP contribution in [-0.4, -0.2) is 12.6 Å². The summed E-state index contributed by atoms with van der Waals surface area (Å²) in [6, 6.07) is 7.65. The number of benzene rings is 1. The van der Waals surface area contributed by atoms with Crippen molar-refractivity contribution in [1.29, 1.82) is 0 Å². The molecule has 4 heteroatoms. The van der Waals surface area contributed by atoms with E-state index >= 15 is 0 Å². The van der Waals surface area contributed by atoms with E-state index in [-0.39, 0.29) is 5.82 Å². The van der Waals surface area contributed by atoms with Crippen molar-refractivity contribution in [3.05, 3.63) is 59.3 Å². The number of esters is 1. The van der Waals surface area contributed by atoms with E-state index in [9.17, 15) is 9.18 Å². The van der Waals surface area contributed by atoms with Gasteiger partial charge in [0.25, 0.3) is 0 Å². The van der Waals surface area contributed by atoms with E-state index < -0.39 is 5.97 Å². The number of hydrogen-bond acceptors (Lipinski definition) is 3. The lowest BCUT2D eigenvalue weighted by atomic mass is 10.1. The summed E-state index contributed by atoms with van der Waals surface area (Å²) in [5, 5.41) is 0. The molecule has 0 N–H and O–H groups in total. The van der Waals surface area contributed by atoms with Gasteiger partial charge in [-0.25, -0.2) is 9.18 Å². The summed E-state index contributed by atoms with van der Waals surface area (Å²) in [5.74, 6) is -0.160. The Bertz CT molecular complexity index is 528. The molecule has 0 saturated carbocycles. The van der Waals surface area contributed by atoms with Crippen molar-refractivity contribution in [2.75, 3.05) is 6.61 Å². The van der Waals surface area contributed by atoms with Crippen molar-refractivity contribution < 1.29 is 18.3 Å². The van der Waals surface area contributed by atoms with Crippen molar-refractivity contribution >= 4 is 5.97 Å². The second kappa shape index (κ2) is 5.49. The number of carbonyl (C=O) groups excluding carboxylic acids is 1. The molecule has 0 aliphatic heterocycles. The molecule has 3 nitrogen and oxygen atoms in total. The van der Waals surface area contributed by atoms with E-state index in [0.29, 0.717) is 24.4 Å². The fourth-order valence-electron chi connectivity index (χ4n) is 1.66. The first-order valence-corrected chi connectivity index (χ1v) is 5.68. The van der Waals surface area contributed by atoms with Crippen LogP contribution in [0.4, 0.5) is 4.39 Å². The average molecular weight is 248 g/mol. The molecule has 0 atom stereocenters. The molecule has 94 valence electrons. The Hall–Kier alpha value is -2.10. The fraction of sp³-hybridized carbons (Fsp3) is 0.214. The third-order valence-electron chi connectivity index (χ3n) is 2.52. The van der Waals surface area contributed by atoms with E-state index in [1.807, 2.05) is 0 Å². The minimum atomic E-state index is -0.400. The summed E-state index contributed by atoms with van der Waals surface area (Å²) in [5.41, 5.74) is 1.29. The molecule has 0 radical (unpaired) electrons. The quantitative estimate of drug-likeness (QED) is 0.780. The smallest absolute Gasteiger partial charge is 0.341 e. The van der Waals surface area contributed by atoms with Crippen LogP contribution in [0, 0.1) is 5.82 Å². The van der Waals surface area contributed by atoms with Gasteiger partial charge >= 0.3 is 5.97 Å². The number of hydrogen-bond donors (Lipinski definition) is 0. The summed E-state index contributed by atoms with van der Waals surface area (Å²) in [6.45, 7) is 2.07. The van der Waals surface area contributed by atoms with Gasteiger partial charge in [-0.1, -0.05) is 12.1 Å². The Morgan fingerprint density at radius 3 is 2.67 bits per heavy atom. The highest BCUT2D eigenvalue weighted by atomic mass is 19.1. The molecule has 18 heavy (non-hydrogen) atoms. The van der Waals surface area contributed by atoms with Crippen LogP contribution in [0.5, 0.6) is 0 Å². The van der Waals surface area contributed by atoms with E-state index in [4.69, 9.17) is 9.15 Å². The third kappa shape index (κ3) is 2.77. The molecular weight excluding hydrogens is 235 g/mol. The number of rotatable bonds is 4. The highest BCUT2D eigenvalue weighted by molar-refractivity contribution is 5.90. The van der Waals surface area contributed by atoms with Crippen molar-refractivity contribution in [3.8, 4) is 0 Å². The Kier molecular flexibility index (Phi) is 3.77. The van der Waals surface area contributed by atoms with Gasteiger partial charge in [0, 0.05) is 6.42 Å². The fourth-order valence-corrected chi connectivity index (χ4v) is 1.66. The van der Waals surface area contributed by atoms with Gasteiger partial charge in [0.2, 0.25) is 0 Å². The zero-order valence-corrected chi connectivity index (χ0v) is 9.98. The van der Waals surface area contributed by atoms with Crippen LogP contribution in [-0.2, 0) is 11.2 Å². The third-order valence-corrected chi connectivity index (χ3v) is 2.52. The normalized spacial score (nSPS) is 10.3. The number of ether oxygens (including phenoxy) is 1. The largest absolute Gasteiger partial charge is 0.468 e. The predicted octanol–water partition coefficient (Wildman–Crippen LogP) is 3.19. The molecule has 2 rings (SSSR count). The molecule has 0 aliphatic rings. The molecular formula is C14H13FO3. The molecule has 0 fully saturated rings. The SMILES string of the molecule is CCOC(=O)c1ccoc1Cc1ccc(F)cc1. The van der Waals surface area contributed by atoms with Crippen molar-refractivity contribution in [3.63, 3.8) is 0 Å². The minimum absolute atomic E-state index is 0.288. The Balaban J connectivity index is 2.17. The van der Waals surface area contributed by atoms with Crippen LogP contribution in [0.2, 0.25) is 0 Å². The van der Waals surface area contributed by atoms with Crippen LogP contribution in [0.25, 0.3) is 0 Å². The summed E-state index contributed by atoms with van der Waals surface area (Å²) in [7, 11) is 0. The molecule has 1 aromatic carbocycles. The summed E-state index contributed by atoms with van der Waals surface area (Å²) in [6.07, 6.45) is 1.88. The molecule has 0 spiro atoms. The first-order chi connectivity index (χ1) is 8.70. The Labute approximate surface area is 104 Å².